The van der Waals surface area contributed by atoms with Crippen LogP contribution < -0.4 is 31.0 Å². The predicted molar refractivity (Wildman–Crippen MR) is 221 cm³/mol. The molecule has 16 heteroatoms. The summed E-state index contributed by atoms with van der Waals surface area (Å²) in [6, 6.07) is 22.1. The number of piperidine rings is 1. The highest BCUT2D eigenvalue weighted by Gasteiger charge is 2.39. The molecule has 4 N–H and O–H groups in total. The van der Waals surface area contributed by atoms with E-state index in [1.54, 1.807) is 24.4 Å². The molecule has 0 aliphatic carbocycles. The van der Waals surface area contributed by atoms with Gasteiger partial charge in [-0.05, 0) is 67.1 Å². The van der Waals surface area contributed by atoms with E-state index in [0.717, 1.165) is 28.1 Å². The van der Waals surface area contributed by atoms with Crippen LogP contribution in [0.4, 0.5) is 23.0 Å². The Labute approximate surface area is 341 Å². The van der Waals surface area contributed by atoms with Gasteiger partial charge in [0.15, 0.2) is 5.82 Å². The summed E-state index contributed by atoms with van der Waals surface area (Å²) < 4.78 is 11.5. The van der Waals surface area contributed by atoms with Crippen LogP contribution in [-0.2, 0) is 36.9 Å². The third-order valence-corrected chi connectivity index (χ3v) is 10.2. The van der Waals surface area contributed by atoms with Crippen molar-refractivity contribution >= 4 is 58.8 Å². The number of rotatable bonds is 16. The summed E-state index contributed by atoms with van der Waals surface area (Å²) in [7, 11) is 0. The molecule has 3 aliphatic rings. The monoisotopic (exact) mass is 801 g/mol. The fourth-order valence-corrected chi connectivity index (χ4v) is 7.08. The Morgan fingerprint density at radius 2 is 1.68 bits per heavy atom. The molecule has 1 unspecified atom stereocenters. The maximum atomic E-state index is 13.1. The molecule has 0 bridgehead atoms. The number of nitrogens with one attached hydrogen (secondary N) is 4. The molecule has 1 aromatic heterocycles. The molecule has 0 saturated carbocycles. The number of carbonyl (C=O) groups excluding carboxylic acids is 5. The van der Waals surface area contributed by atoms with Gasteiger partial charge in [-0.3, -0.25) is 34.7 Å². The first kappa shape index (κ1) is 40.5. The largest absolute Gasteiger partial charge is 0.463 e. The van der Waals surface area contributed by atoms with E-state index >= 15 is 0 Å². The van der Waals surface area contributed by atoms with Crippen LogP contribution in [0, 0.1) is 6.92 Å². The molecular weight excluding hydrogens is 755 g/mol. The number of imide groups is 1. The van der Waals surface area contributed by atoms with Gasteiger partial charge in [0.25, 0.3) is 5.91 Å². The van der Waals surface area contributed by atoms with Crippen LogP contribution in [0.3, 0.4) is 0 Å². The second kappa shape index (κ2) is 19.2. The van der Waals surface area contributed by atoms with Gasteiger partial charge in [-0.1, -0.05) is 48.0 Å². The summed E-state index contributed by atoms with van der Waals surface area (Å²) in [5, 5.41) is 12.4. The Bertz CT molecular complexity index is 2220. The lowest BCUT2D eigenvalue weighted by Crippen LogP contribution is -2.52. The number of anilines is 4. The van der Waals surface area contributed by atoms with E-state index in [1.165, 1.54) is 4.90 Å². The Morgan fingerprint density at radius 3 is 2.42 bits per heavy atom. The van der Waals surface area contributed by atoms with Crippen molar-refractivity contribution in [3.8, 4) is 6.01 Å². The summed E-state index contributed by atoms with van der Waals surface area (Å²) >= 11 is 0. The van der Waals surface area contributed by atoms with Crippen molar-refractivity contribution in [2.45, 2.75) is 64.5 Å². The minimum Gasteiger partial charge on any atom is -0.463 e. The molecule has 3 aliphatic heterocycles. The number of nitrogens with zero attached hydrogens (tertiary/aromatic N) is 5. The Kier molecular flexibility index (Phi) is 13.2. The van der Waals surface area contributed by atoms with Gasteiger partial charge < -0.3 is 29.9 Å². The van der Waals surface area contributed by atoms with Crippen LogP contribution >= 0.6 is 0 Å². The number of hydrogen-bond acceptors (Lipinski definition) is 12. The molecule has 1 atom stereocenters. The summed E-state index contributed by atoms with van der Waals surface area (Å²) in [5.41, 5.74) is 8.47. The van der Waals surface area contributed by atoms with Crippen molar-refractivity contribution in [2.24, 2.45) is 5.10 Å². The molecule has 2 fully saturated rings. The first-order valence-corrected chi connectivity index (χ1v) is 19.8. The summed E-state index contributed by atoms with van der Waals surface area (Å²) in [6.07, 6.45) is 4.28. The average Bonchev–Trinajstić information content (AvgIpc) is 3.55. The van der Waals surface area contributed by atoms with Crippen molar-refractivity contribution in [2.75, 3.05) is 53.9 Å². The molecule has 306 valence electrons. The number of hydrogen-bond donors (Lipinski definition) is 4. The van der Waals surface area contributed by atoms with E-state index in [2.05, 4.69) is 41.3 Å². The fourth-order valence-electron chi connectivity index (χ4n) is 7.08. The number of ether oxygens (including phenoxy) is 2. The number of benzene rings is 3. The number of aromatic nitrogens is 2. The second-order valence-electron chi connectivity index (χ2n) is 14.6. The van der Waals surface area contributed by atoms with Gasteiger partial charge in [0.1, 0.15) is 11.9 Å². The van der Waals surface area contributed by atoms with Crippen LogP contribution in [0.25, 0.3) is 0 Å². The van der Waals surface area contributed by atoms with Gasteiger partial charge in [0, 0.05) is 68.3 Å². The van der Waals surface area contributed by atoms with Crippen LogP contribution in [0.2, 0.25) is 0 Å². The normalized spacial score (nSPS) is 16.5. The van der Waals surface area contributed by atoms with E-state index in [1.807, 2.05) is 61.5 Å². The van der Waals surface area contributed by atoms with Crippen LogP contribution in [0.1, 0.15) is 71.1 Å². The third kappa shape index (κ3) is 11.0. The second-order valence-corrected chi connectivity index (χ2v) is 14.6. The summed E-state index contributed by atoms with van der Waals surface area (Å²) in [4.78, 5) is 75.0. The predicted octanol–water partition coefficient (Wildman–Crippen LogP) is 4.59. The van der Waals surface area contributed by atoms with E-state index in [4.69, 9.17) is 9.47 Å². The SMILES string of the molecule is Cc1cccc(/C=N/Nc2cc(N3CCOCC3)nc(OCCc3ccc(NC(=O)CCCCC(=O)Nc4ccc5c(c4)C(=O)N(C4CCC(=O)NC4=O)C5)cc3)n2)c1. The van der Waals surface area contributed by atoms with E-state index < -0.39 is 11.9 Å². The average molecular weight is 802 g/mol. The molecule has 5 amide bonds. The third-order valence-electron chi connectivity index (χ3n) is 10.2. The van der Waals surface area contributed by atoms with Gasteiger partial charge >= 0.3 is 6.01 Å². The fraction of sp³-hybridized carbons (Fsp3) is 0.349. The number of morpholine rings is 1. The first-order chi connectivity index (χ1) is 28.7. The number of unbranched alkanes of at least 4 members (excludes halogenated alkanes) is 1. The maximum Gasteiger partial charge on any atom is 0.320 e. The highest BCUT2D eigenvalue weighted by atomic mass is 16.5. The topological polar surface area (TPSA) is 197 Å². The smallest absolute Gasteiger partial charge is 0.320 e. The number of amides is 5. The van der Waals surface area contributed by atoms with E-state index in [9.17, 15) is 24.0 Å². The van der Waals surface area contributed by atoms with Crippen LogP contribution in [-0.4, -0.2) is 89.6 Å². The Balaban J connectivity index is 0.822. The van der Waals surface area contributed by atoms with Crippen molar-refractivity contribution in [3.05, 3.63) is 101 Å². The first-order valence-electron chi connectivity index (χ1n) is 19.8. The molecule has 4 heterocycles. The van der Waals surface area contributed by atoms with E-state index in [0.29, 0.717) is 74.9 Å². The van der Waals surface area contributed by atoms with Crippen LogP contribution in [0.5, 0.6) is 6.01 Å². The zero-order valence-electron chi connectivity index (χ0n) is 32.9. The summed E-state index contributed by atoms with van der Waals surface area (Å²) in [6.45, 7) is 5.29. The highest BCUT2D eigenvalue weighted by molar-refractivity contribution is 6.06. The minimum absolute atomic E-state index is 0.149. The molecule has 59 heavy (non-hydrogen) atoms. The maximum absolute atomic E-state index is 13.1. The van der Waals surface area contributed by atoms with Gasteiger partial charge in [0.05, 0.1) is 26.0 Å². The van der Waals surface area contributed by atoms with Gasteiger partial charge in [-0.25, -0.2) is 0 Å². The molecule has 3 aromatic carbocycles. The minimum atomic E-state index is -0.700. The molecular formula is C43H47N9O7. The molecule has 0 radical (unpaired) electrons. The van der Waals surface area contributed by atoms with Crippen molar-refractivity contribution < 1.29 is 33.4 Å². The van der Waals surface area contributed by atoms with Crippen LogP contribution in [0.15, 0.2) is 77.9 Å². The quantitative estimate of drug-likeness (QED) is 0.0536. The van der Waals surface area contributed by atoms with Gasteiger partial charge in [-0.15, -0.1) is 0 Å². The lowest BCUT2D eigenvalue weighted by atomic mass is 10.0. The Morgan fingerprint density at radius 1 is 0.932 bits per heavy atom. The molecule has 0 spiro atoms. The van der Waals surface area contributed by atoms with Crippen molar-refractivity contribution in [1.29, 1.82) is 0 Å². The standard InChI is InChI=1S/C43H47N9O7/c1-28-5-4-6-30(23-28)26-44-50-36-25-37(51-18-21-58-22-19-51)48-43(47-36)59-20-17-29-9-12-32(13-10-29)45-38(53)7-2-3-8-39(54)46-33-14-11-31-27-52(42(57)34(31)24-33)35-15-16-40(55)49-41(35)56/h4-6,9-14,23-26,35H,2-3,7-8,15-22,27H2,1H3,(H,45,53)(H,46,54)(H,47,48,50)(H,49,55,56)/b44-26+. The summed E-state index contributed by atoms with van der Waals surface area (Å²) in [5.74, 6) is -0.248. The molecule has 7 rings (SSSR count). The Hall–Kier alpha value is -6.68. The lowest BCUT2D eigenvalue weighted by molar-refractivity contribution is -0.137. The zero-order chi connectivity index (χ0) is 41.1. The highest BCUT2D eigenvalue weighted by Crippen LogP contribution is 2.30. The van der Waals surface area contributed by atoms with E-state index in [-0.39, 0.29) is 61.9 Å². The van der Waals surface area contributed by atoms with Gasteiger partial charge in [0.2, 0.25) is 23.6 Å². The lowest BCUT2D eigenvalue weighted by Gasteiger charge is -2.29. The molecule has 16 nitrogen and oxygen atoms in total. The van der Waals surface area contributed by atoms with Crippen molar-refractivity contribution in [1.82, 2.24) is 20.2 Å². The number of hydrazone groups is 1. The molecule has 4 aromatic rings. The zero-order valence-corrected chi connectivity index (χ0v) is 32.9. The van der Waals surface area contributed by atoms with Gasteiger partial charge in [-0.2, -0.15) is 15.1 Å². The number of aryl methyl sites for hydroxylation is 1. The number of fused-ring (bicyclic) bond motifs is 1. The molecule has 2 saturated heterocycles. The van der Waals surface area contributed by atoms with Crippen molar-refractivity contribution in [3.63, 3.8) is 0 Å². The number of carbonyl (C=O) groups is 5.